The SMILES string of the molecule is CCCCN(C(=O)c1ccc(NC2CC2)c([N+](=O)[O-])c1)C(C)CC. The second-order valence-corrected chi connectivity index (χ2v) is 6.52. The van der Waals surface area contributed by atoms with Crippen LogP contribution in [0.25, 0.3) is 0 Å². The summed E-state index contributed by atoms with van der Waals surface area (Å²) in [6, 6.07) is 5.22. The van der Waals surface area contributed by atoms with Crippen molar-refractivity contribution in [1.82, 2.24) is 4.90 Å². The van der Waals surface area contributed by atoms with Crippen molar-refractivity contribution in [2.45, 2.75) is 65.0 Å². The number of hydrogen-bond acceptors (Lipinski definition) is 4. The molecule has 132 valence electrons. The number of nitro benzene ring substituents is 1. The Bertz CT molecular complexity index is 599. The molecule has 6 nitrogen and oxygen atoms in total. The van der Waals surface area contributed by atoms with Crippen LogP contribution in [0.4, 0.5) is 11.4 Å². The van der Waals surface area contributed by atoms with Gasteiger partial charge in [-0.2, -0.15) is 0 Å². The second kappa shape index (κ2) is 8.13. The van der Waals surface area contributed by atoms with Gasteiger partial charge in [0.05, 0.1) is 4.92 Å². The molecule has 6 heteroatoms. The fourth-order valence-corrected chi connectivity index (χ4v) is 2.62. The Morgan fingerprint density at radius 3 is 2.67 bits per heavy atom. The average Bonchev–Trinajstić information content (AvgIpc) is 3.38. The third kappa shape index (κ3) is 4.46. The molecule has 1 fully saturated rings. The lowest BCUT2D eigenvalue weighted by molar-refractivity contribution is -0.384. The zero-order valence-corrected chi connectivity index (χ0v) is 14.7. The number of nitrogens with one attached hydrogen (secondary N) is 1. The number of anilines is 1. The minimum absolute atomic E-state index is 0.0210. The van der Waals surface area contributed by atoms with Gasteiger partial charge in [0.2, 0.25) is 0 Å². The molecule has 0 radical (unpaired) electrons. The number of hydrogen-bond donors (Lipinski definition) is 1. The van der Waals surface area contributed by atoms with E-state index >= 15 is 0 Å². The Morgan fingerprint density at radius 1 is 1.42 bits per heavy atom. The van der Waals surface area contributed by atoms with Gasteiger partial charge in [0.15, 0.2) is 0 Å². The first-order chi connectivity index (χ1) is 11.5. The van der Waals surface area contributed by atoms with Gasteiger partial charge in [0, 0.05) is 30.3 Å². The number of nitrogens with zero attached hydrogens (tertiary/aromatic N) is 2. The molecule has 1 N–H and O–H groups in total. The van der Waals surface area contributed by atoms with E-state index in [0.717, 1.165) is 32.1 Å². The molecule has 0 saturated heterocycles. The van der Waals surface area contributed by atoms with Gasteiger partial charge in [-0.25, -0.2) is 0 Å². The number of amides is 1. The van der Waals surface area contributed by atoms with Crippen molar-refractivity contribution in [3.05, 3.63) is 33.9 Å². The van der Waals surface area contributed by atoms with Crippen LogP contribution in [0.3, 0.4) is 0 Å². The summed E-state index contributed by atoms with van der Waals surface area (Å²) in [6.07, 6.45) is 4.87. The Hall–Kier alpha value is -2.11. The van der Waals surface area contributed by atoms with Crippen molar-refractivity contribution in [1.29, 1.82) is 0 Å². The first-order valence-corrected chi connectivity index (χ1v) is 8.83. The van der Waals surface area contributed by atoms with Crippen LogP contribution in [0.1, 0.15) is 63.2 Å². The normalized spacial score (nSPS) is 15.0. The van der Waals surface area contributed by atoms with E-state index in [-0.39, 0.29) is 17.6 Å². The standard InChI is InChI=1S/C18H27N3O3/c1-4-6-11-20(13(3)5-2)18(22)14-7-10-16(19-15-8-9-15)17(12-14)21(23)24/h7,10,12-13,15,19H,4-6,8-9,11H2,1-3H3. The topological polar surface area (TPSA) is 75.5 Å². The maximum absolute atomic E-state index is 12.9. The van der Waals surface area contributed by atoms with E-state index in [0.29, 0.717) is 23.8 Å². The third-order valence-electron chi connectivity index (χ3n) is 4.51. The summed E-state index contributed by atoms with van der Waals surface area (Å²) in [7, 11) is 0. The summed E-state index contributed by atoms with van der Waals surface area (Å²) in [5, 5.41) is 14.5. The number of unbranched alkanes of at least 4 members (excludes halogenated alkanes) is 1. The smallest absolute Gasteiger partial charge is 0.293 e. The van der Waals surface area contributed by atoms with E-state index in [1.54, 1.807) is 12.1 Å². The minimum Gasteiger partial charge on any atom is -0.377 e. The predicted octanol–water partition coefficient (Wildman–Crippen LogP) is 4.21. The molecule has 24 heavy (non-hydrogen) atoms. The molecule has 1 atom stereocenters. The first kappa shape index (κ1) is 18.2. The molecule has 2 rings (SSSR count). The first-order valence-electron chi connectivity index (χ1n) is 8.83. The summed E-state index contributed by atoms with van der Waals surface area (Å²) < 4.78 is 0. The fraction of sp³-hybridized carbons (Fsp3) is 0.611. The number of benzene rings is 1. The van der Waals surface area contributed by atoms with Crippen molar-refractivity contribution < 1.29 is 9.72 Å². The molecular weight excluding hydrogens is 306 g/mol. The number of nitro groups is 1. The average molecular weight is 333 g/mol. The minimum atomic E-state index is -0.416. The molecule has 0 aliphatic heterocycles. The molecule has 1 aliphatic rings. The van der Waals surface area contributed by atoms with Crippen LogP contribution in [0.2, 0.25) is 0 Å². The number of carbonyl (C=O) groups excluding carboxylic acids is 1. The van der Waals surface area contributed by atoms with E-state index in [2.05, 4.69) is 12.2 Å². The lowest BCUT2D eigenvalue weighted by Gasteiger charge is -2.28. The second-order valence-electron chi connectivity index (χ2n) is 6.52. The molecular formula is C18H27N3O3. The zero-order chi connectivity index (χ0) is 17.7. The van der Waals surface area contributed by atoms with E-state index in [1.165, 1.54) is 6.07 Å². The Labute approximate surface area is 143 Å². The molecule has 1 amide bonds. The van der Waals surface area contributed by atoms with Crippen LogP contribution in [0.15, 0.2) is 18.2 Å². The molecule has 1 aromatic rings. The van der Waals surface area contributed by atoms with E-state index in [1.807, 2.05) is 18.7 Å². The molecule has 0 bridgehead atoms. The summed E-state index contributed by atoms with van der Waals surface area (Å²) in [5.41, 5.74) is 0.870. The van der Waals surface area contributed by atoms with Gasteiger partial charge in [-0.1, -0.05) is 20.3 Å². The highest BCUT2D eigenvalue weighted by atomic mass is 16.6. The molecule has 1 aromatic carbocycles. The van der Waals surface area contributed by atoms with Crippen molar-refractivity contribution in [2.75, 3.05) is 11.9 Å². The molecule has 1 unspecified atom stereocenters. The predicted molar refractivity (Wildman–Crippen MR) is 95.4 cm³/mol. The summed E-state index contributed by atoms with van der Waals surface area (Å²) in [5.74, 6) is -0.126. The van der Waals surface area contributed by atoms with Gasteiger partial charge >= 0.3 is 0 Å². The highest BCUT2D eigenvalue weighted by Crippen LogP contribution is 2.32. The summed E-state index contributed by atoms with van der Waals surface area (Å²) in [4.78, 5) is 25.6. The summed E-state index contributed by atoms with van der Waals surface area (Å²) >= 11 is 0. The maximum atomic E-state index is 12.9. The lowest BCUT2D eigenvalue weighted by atomic mass is 10.1. The monoisotopic (exact) mass is 333 g/mol. The van der Waals surface area contributed by atoms with Gasteiger partial charge in [0.1, 0.15) is 5.69 Å². The van der Waals surface area contributed by atoms with Crippen LogP contribution >= 0.6 is 0 Å². The zero-order valence-electron chi connectivity index (χ0n) is 14.7. The molecule has 0 spiro atoms. The van der Waals surface area contributed by atoms with Crippen molar-refractivity contribution in [2.24, 2.45) is 0 Å². The highest BCUT2D eigenvalue weighted by Gasteiger charge is 2.27. The van der Waals surface area contributed by atoms with Gasteiger partial charge in [-0.15, -0.1) is 0 Å². The molecule has 0 heterocycles. The van der Waals surface area contributed by atoms with Crippen LogP contribution in [-0.2, 0) is 0 Å². The van der Waals surface area contributed by atoms with Gasteiger partial charge in [0.25, 0.3) is 11.6 Å². The third-order valence-corrected chi connectivity index (χ3v) is 4.51. The molecule has 0 aromatic heterocycles. The van der Waals surface area contributed by atoms with E-state index < -0.39 is 4.92 Å². The van der Waals surface area contributed by atoms with Crippen LogP contribution < -0.4 is 5.32 Å². The van der Waals surface area contributed by atoms with Crippen molar-refractivity contribution in [3.8, 4) is 0 Å². The lowest BCUT2D eigenvalue weighted by Crippen LogP contribution is -2.39. The van der Waals surface area contributed by atoms with E-state index in [9.17, 15) is 14.9 Å². The van der Waals surface area contributed by atoms with Gasteiger partial charge in [-0.3, -0.25) is 14.9 Å². The number of rotatable bonds is 9. The van der Waals surface area contributed by atoms with E-state index in [4.69, 9.17) is 0 Å². The van der Waals surface area contributed by atoms with Gasteiger partial charge < -0.3 is 10.2 Å². The molecule has 1 saturated carbocycles. The highest BCUT2D eigenvalue weighted by molar-refractivity contribution is 5.96. The van der Waals surface area contributed by atoms with Gasteiger partial charge in [-0.05, 0) is 44.7 Å². The van der Waals surface area contributed by atoms with Crippen LogP contribution in [0, 0.1) is 10.1 Å². The molecule has 1 aliphatic carbocycles. The maximum Gasteiger partial charge on any atom is 0.293 e. The Morgan fingerprint density at radius 2 is 2.12 bits per heavy atom. The van der Waals surface area contributed by atoms with Crippen molar-refractivity contribution >= 4 is 17.3 Å². The van der Waals surface area contributed by atoms with Crippen LogP contribution in [-0.4, -0.2) is 34.4 Å². The Balaban J connectivity index is 2.25. The largest absolute Gasteiger partial charge is 0.377 e. The quantitative estimate of drug-likeness (QED) is 0.542. The van der Waals surface area contributed by atoms with Crippen LogP contribution in [0.5, 0.6) is 0 Å². The number of carbonyl (C=O) groups is 1. The summed E-state index contributed by atoms with van der Waals surface area (Å²) in [6.45, 7) is 6.83. The Kier molecular flexibility index (Phi) is 6.17. The van der Waals surface area contributed by atoms with Crippen molar-refractivity contribution in [3.63, 3.8) is 0 Å². The fourth-order valence-electron chi connectivity index (χ4n) is 2.62.